The van der Waals surface area contributed by atoms with E-state index in [1.54, 1.807) is 182 Å². The van der Waals surface area contributed by atoms with E-state index in [1.165, 1.54) is 0 Å². The standard InChI is InChI=1S/C60H44N6O12/c67-55(73-31-37-19-7-1-8-20-37)49-50(56(68)74-32-38-21-9-2-10-22-38)62-44-43(61-49)45-47(65-52(58(70)76-34-40-25-13-4-14-26-40)51(63-45)57(69)75-33-39-23-11-3-12-24-39)48-46(44)64-53(59(71)77-35-41-27-15-5-16-28-41)54(66-48)60(72)78-36-42-29-17-6-18-30-42/h1-30,61-62H,31-36H2. The molecule has 0 bridgehead atoms. The van der Waals surface area contributed by atoms with Crippen molar-refractivity contribution in [3.8, 4) is 0 Å². The zero-order valence-corrected chi connectivity index (χ0v) is 41.3. The van der Waals surface area contributed by atoms with E-state index < -0.39 is 70.0 Å². The largest absolute Gasteiger partial charge is 0.456 e. The molecule has 78 heavy (non-hydrogen) atoms. The van der Waals surface area contributed by atoms with Crippen molar-refractivity contribution in [2.24, 2.45) is 0 Å². The molecule has 0 radical (unpaired) electrons. The van der Waals surface area contributed by atoms with Crippen LogP contribution in [-0.2, 0) is 77.7 Å². The quantitative estimate of drug-likeness (QED) is 0.0462. The SMILES string of the molecule is O=C(OCc1ccccc1)C1=C(C(=O)OCc2ccccc2)Nc2c(c3nc(C(=O)OCc4ccccc4)c(C(=O)OCc4ccccc4)nc3c3nc(C(=O)OCc4ccccc4)c(C(=O)OCc4ccccc4)nc23)N1. The number of hydrogen-bond donors (Lipinski definition) is 2. The third-order valence-corrected chi connectivity index (χ3v) is 11.9. The molecule has 2 aromatic heterocycles. The Bertz CT molecular complexity index is 3490. The zero-order chi connectivity index (χ0) is 53.8. The number of benzene rings is 7. The summed E-state index contributed by atoms with van der Waals surface area (Å²) < 4.78 is 34.5. The number of carbonyl (C=O) groups is 6. The van der Waals surface area contributed by atoms with Crippen LogP contribution >= 0.6 is 0 Å². The van der Waals surface area contributed by atoms with Crippen molar-refractivity contribution in [3.63, 3.8) is 0 Å². The smallest absolute Gasteiger partial charge is 0.359 e. The molecule has 386 valence electrons. The summed E-state index contributed by atoms with van der Waals surface area (Å²) in [5, 5.41) is 5.97. The lowest BCUT2D eigenvalue weighted by atomic mass is 10.1. The third kappa shape index (κ3) is 11.8. The van der Waals surface area contributed by atoms with Gasteiger partial charge in [-0.1, -0.05) is 182 Å². The molecule has 1 aliphatic heterocycles. The predicted molar refractivity (Wildman–Crippen MR) is 282 cm³/mol. The van der Waals surface area contributed by atoms with Crippen LogP contribution in [0.1, 0.15) is 75.3 Å². The van der Waals surface area contributed by atoms with E-state index >= 15 is 0 Å². The van der Waals surface area contributed by atoms with Gasteiger partial charge < -0.3 is 39.1 Å². The Morgan fingerprint density at radius 3 is 0.679 bits per heavy atom. The molecule has 18 heteroatoms. The number of esters is 6. The van der Waals surface area contributed by atoms with Gasteiger partial charge in [0.05, 0.1) is 11.4 Å². The minimum atomic E-state index is -1.11. The number of ether oxygens (including phenoxy) is 6. The van der Waals surface area contributed by atoms with Crippen LogP contribution in [-0.4, -0.2) is 55.8 Å². The van der Waals surface area contributed by atoms with Crippen molar-refractivity contribution < 1.29 is 57.2 Å². The van der Waals surface area contributed by atoms with Gasteiger partial charge in [0.25, 0.3) is 0 Å². The Kier molecular flexibility index (Phi) is 15.5. The van der Waals surface area contributed by atoms with Crippen molar-refractivity contribution >= 4 is 69.3 Å². The first kappa shape index (κ1) is 50.9. The summed E-state index contributed by atoms with van der Waals surface area (Å²) in [6, 6.07) is 52.6. The molecule has 2 N–H and O–H groups in total. The highest BCUT2D eigenvalue weighted by Gasteiger charge is 2.37. The first-order chi connectivity index (χ1) is 38.2. The molecular weight excluding hydrogens is 997 g/mol. The summed E-state index contributed by atoms with van der Waals surface area (Å²) in [7, 11) is 0. The first-order valence-corrected chi connectivity index (χ1v) is 24.3. The molecule has 0 saturated carbocycles. The number of nitrogens with one attached hydrogen (secondary N) is 2. The maximum atomic E-state index is 14.4. The van der Waals surface area contributed by atoms with Crippen molar-refractivity contribution in [1.29, 1.82) is 0 Å². The van der Waals surface area contributed by atoms with Gasteiger partial charge >= 0.3 is 35.8 Å². The van der Waals surface area contributed by atoms with Gasteiger partial charge in [-0.25, -0.2) is 48.7 Å². The Labute approximate surface area is 444 Å². The van der Waals surface area contributed by atoms with Crippen molar-refractivity contribution in [1.82, 2.24) is 19.9 Å². The average molecular weight is 1040 g/mol. The van der Waals surface area contributed by atoms with Crippen molar-refractivity contribution in [3.05, 3.63) is 250 Å². The lowest BCUT2D eigenvalue weighted by Gasteiger charge is -2.26. The van der Waals surface area contributed by atoms with E-state index in [0.717, 1.165) is 0 Å². The van der Waals surface area contributed by atoms with Gasteiger partial charge in [0.2, 0.25) is 0 Å². The fourth-order valence-electron chi connectivity index (χ4n) is 8.04. The molecular formula is C60H44N6O12. The summed E-state index contributed by atoms with van der Waals surface area (Å²) in [4.78, 5) is 105. The number of rotatable bonds is 18. The molecule has 0 unspecified atom stereocenters. The van der Waals surface area contributed by atoms with E-state index in [-0.39, 0.29) is 73.1 Å². The first-order valence-electron chi connectivity index (χ1n) is 24.3. The van der Waals surface area contributed by atoms with E-state index in [2.05, 4.69) is 10.6 Å². The van der Waals surface area contributed by atoms with Crippen molar-refractivity contribution in [2.75, 3.05) is 10.6 Å². The molecule has 0 amide bonds. The molecule has 0 fully saturated rings. The molecule has 9 aromatic rings. The van der Waals surface area contributed by atoms with Gasteiger partial charge in [0.1, 0.15) is 61.7 Å². The highest BCUT2D eigenvalue weighted by molar-refractivity contribution is 6.21. The van der Waals surface area contributed by atoms with Gasteiger partial charge in [-0.05, 0) is 33.4 Å². The zero-order valence-electron chi connectivity index (χ0n) is 41.3. The monoisotopic (exact) mass is 1040 g/mol. The highest BCUT2D eigenvalue weighted by atomic mass is 16.6. The second-order valence-corrected chi connectivity index (χ2v) is 17.4. The average Bonchev–Trinajstić information content (AvgIpc) is 3.53. The molecule has 0 spiro atoms. The van der Waals surface area contributed by atoms with Crippen LogP contribution in [0.2, 0.25) is 0 Å². The maximum Gasteiger partial charge on any atom is 0.359 e. The van der Waals surface area contributed by atoms with Gasteiger partial charge in [-0.3, -0.25) is 0 Å². The molecule has 1 aliphatic rings. The van der Waals surface area contributed by atoms with Crippen LogP contribution in [0.5, 0.6) is 0 Å². The number of fused-ring (bicyclic) bond motifs is 6. The summed E-state index contributed by atoms with van der Waals surface area (Å²) in [5.41, 5.74) is -1.27. The minimum absolute atomic E-state index is 0.171. The molecule has 0 aliphatic carbocycles. The van der Waals surface area contributed by atoms with Crippen LogP contribution in [0, 0.1) is 0 Å². The predicted octanol–water partition coefficient (Wildman–Crippen LogP) is 9.54. The lowest BCUT2D eigenvalue weighted by molar-refractivity contribution is -0.143. The number of nitrogens with zero attached hydrogens (tertiary/aromatic N) is 4. The molecule has 0 saturated heterocycles. The number of hydrogen-bond acceptors (Lipinski definition) is 18. The Morgan fingerprint density at radius 1 is 0.269 bits per heavy atom. The third-order valence-electron chi connectivity index (χ3n) is 11.9. The summed E-state index contributed by atoms with van der Waals surface area (Å²) >= 11 is 0. The van der Waals surface area contributed by atoms with Crippen LogP contribution in [0.3, 0.4) is 0 Å². The van der Waals surface area contributed by atoms with Crippen LogP contribution in [0.15, 0.2) is 193 Å². The Balaban J connectivity index is 1.18. The fourth-order valence-corrected chi connectivity index (χ4v) is 8.04. The summed E-state index contributed by atoms with van der Waals surface area (Å²) in [6.07, 6.45) is 0. The minimum Gasteiger partial charge on any atom is -0.456 e. The van der Waals surface area contributed by atoms with E-state index in [9.17, 15) is 28.8 Å². The normalized spacial score (nSPS) is 11.6. The number of aromatic nitrogens is 4. The van der Waals surface area contributed by atoms with E-state index in [1.807, 2.05) is 0 Å². The molecule has 3 heterocycles. The Morgan fingerprint density at radius 2 is 0.462 bits per heavy atom. The second-order valence-electron chi connectivity index (χ2n) is 17.4. The van der Waals surface area contributed by atoms with Crippen molar-refractivity contribution in [2.45, 2.75) is 39.6 Å². The Hall–Kier alpha value is -10.6. The molecule has 10 rings (SSSR count). The number of carbonyl (C=O) groups excluding carboxylic acids is 6. The van der Waals surface area contributed by atoms with E-state index in [4.69, 9.17) is 48.4 Å². The molecule has 7 aromatic carbocycles. The van der Waals surface area contributed by atoms with Crippen LogP contribution < -0.4 is 10.6 Å². The molecule has 18 nitrogen and oxygen atoms in total. The highest BCUT2D eigenvalue weighted by Crippen LogP contribution is 2.43. The van der Waals surface area contributed by atoms with Gasteiger partial charge in [0, 0.05) is 0 Å². The summed E-state index contributed by atoms with van der Waals surface area (Å²) in [6.45, 7) is -1.43. The van der Waals surface area contributed by atoms with Gasteiger partial charge in [-0.15, -0.1) is 0 Å². The fraction of sp³-hybridized carbons (Fsp3) is 0.100. The van der Waals surface area contributed by atoms with E-state index in [0.29, 0.717) is 33.4 Å². The van der Waals surface area contributed by atoms with Crippen LogP contribution in [0.4, 0.5) is 11.4 Å². The van der Waals surface area contributed by atoms with Crippen LogP contribution in [0.25, 0.3) is 22.1 Å². The second kappa shape index (κ2) is 23.7. The number of anilines is 2. The topological polar surface area (TPSA) is 233 Å². The van der Waals surface area contributed by atoms with Gasteiger partial charge in [0.15, 0.2) is 34.2 Å². The molecule has 0 atom stereocenters. The van der Waals surface area contributed by atoms with Gasteiger partial charge in [-0.2, -0.15) is 0 Å². The lowest BCUT2D eigenvalue weighted by Crippen LogP contribution is -2.30. The maximum absolute atomic E-state index is 14.4. The summed E-state index contributed by atoms with van der Waals surface area (Å²) in [5.74, 6) is -6.51.